The van der Waals surface area contributed by atoms with Gasteiger partial charge in [-0.3, -0.25) is 0 Å². The van der Waals surface area contributed by atoms with Gasteiger partial charge in [-0.05, 0) is 79.7 Å². The summed E-state index contributed by atoms with van der Waals surface area (Å²) in [6.45, 7) is 6.37. The minimum atomic E-state index is -4.40. The molecule has 2 aromatic carbocycles. The number of thiocarbonyl (C=S) groups is 1. The summed E-state index contributed by atoms with van der Waals surface area (Å²) in [6.07, 6.45) is -2.20. The third kappa shape index (κ3) is 6.61. The van der Waals surface area contributed by atoms with Gasteiger partial charge in [-0.15, -0.1) is 6.58 Å². The van der Waals surface area contributed by atoms with Crippen molar-refractivity contribution >= 4 is 23.0 Å². The van der Waals surface area contributed by atoms with Crippen molar-refractivity contribution in [2.45, 2.75) is 32.1 Å². The van der Waals surface area contributed by atoms with Crippen LogP contribution in [0.3, 0.4) is 0 Å². The Bertz CT molecular complexity index is 1060. The Morgan fingerprint density at radius 3 is 2.30 bits per heavy atom. The highest BCUT2D eigenvalue weighted by molar-refractivity contribution is 7.80. The molecule has 4 nitrogen and oxygen atoms in total. The zero-order valence-electron chi connectivity index (χ0n) is 18.4. The van der Waals surface area contributed by atoms with E-state index in [1.165, 1.54) is 12.1 Å². The molecule has 0 unspecified atom stereocenters. The number of halogens is 3. The first-order chi connectivity index (χ1) is 15.7. The molecule has 0 aliphatic heterocycles. The van der Waals surface area contributed by atoms with E-state index in [9.17, 15) is 13.2 Å². The number of nitrogens with zero attached hydrogens (tertiary/aromatic N) is 1. The van der Waals surface area contributed by atoms with E-state index in [4.69, 9.17) is 21.4 Å². The van der Waals surface area contributed by atoms with Crippen molar-refractivity contribution in [3.8, 4) is 5.75 Å². The van der Waals surface area contributed by atoms with E-state index in [2.05, 4.69) is 11.9 Å². The molecule has 3 aromatic rings. The van der Waals surface area contributed by atoms with Crippen LogP contribution in [0.2, 0.25) is 0 Å². The molecule has 0 radical (unpaired) electrons. The van der Waals surface area contributed by atoms with E-state index >= 15 is 0 Å². The standard InChI is InChI=1S/C25H25F3N2O2S/c1-17(2)15-23(18-6-12-21(31-3)13-7-18)30(16-22-5-4-14-32-22)24(33)29-20-10-8-19(9-11-20)25(26,27)28/h4-14,23H,1,15-16H2,2-3H3,(H,29,33)/t23-/m1/s1. The normalized spacial score (nSPS) is 12.2. The van der Waals surface area contributed by atoms with Crippen molar-refractivity contribution in [1.82, 2.24) is 4.90 Å². The molecule has 0 fully saturated rings. The lowest BCUT2D eigenvalue weighted by molar-refractivity contribution is -0.137. The number of benzene rings is 2. The average Bonchev–Trinajstić information content (AvgIpc) is 3.29. The van der Waals surface area contributed by atoms with Crippen molar-refractivity contribution < 1.29 is 22.3 Å². The molecule has 0 spiro atoms. The lowest BCUT2D eigenvalue weighted by Crippen LogP contribution is -2.37. The molecule has 8 heteroatoms. The molecule has 0 aliphatic carbocycles. The second kappa shape index (κ2) is 10.6. The van der Waals surface area contributed by atoms with Crippen molar-refractivity contribution in [3.63, 3.8) is 0 Å². The molecule has 0 amide bonds. The zero-order valence-corrected chi connectivity index (χ0v) is 19.2. The first-order valence-electron chi connectivity index (χ1n) is 10.2. The maximum atomic E-state index is 12.9. The molecular weight excluding hydrogens is 449 g/mol. The van der Waals surface area contributed by atoms with E-state index in [1.54, 1.807) is 19.4 Å². The van der Waals surface area contributed by atoms with Gasteiger partial charge < -0.3 is 19.4 Å². The van der Waals surface area contributed by atoms with Crippen LogP contribution in [0.15, 0.2) is 83.5 Å². The number of methoxy groups -OCH3 is 1. The molecule has 174 valence electrons. The number of alkyl halides is 3. The summed E-state index contributed by atoms with van der Waals surface area (Å²) < 4.78 is 49.5. The molecule has 0 bridgehead atoms. The number of hydrogen-bond acceptors (Lipinski definition) is 3. The predicted molar refractivity (Wildman–Crippen MR) is 127 cm³/mol. The fourth-order valence-electron chi connectivity index (χ4n) is 3.40. The smallest absolute Gasteiger partial charge is 0.416 e. The quantitative estimate of drug-likeness (QED) is 0.276. The molecule has 3 rings (SSSR count). The van der Waals surface area contributed by atoms with Gasteiger partial charge in [0.2, 0.25) is 0 Å². The van der Waals surface area contributed by atoms with Crippen LogP contribution >= 0.6 is 12.2 Å². The largest absolute Gasteiger partial charge is 0.497 e. The Labute approximate surface area is 196 Å². The van der Waals surface area contributed by atoms with Gasteiger partial charge in [-0.25, -0.2) is 0 Å². The van der Waals surface area contributed by atoms with Crippen LogP contribution in [0.1, 0.15) is 36.3 Å². The van der Waals surface area contributed by atoms with Crippen molar-refractivity contribution in [1.29, 1.82) is 0 Å². The maximum Gasteiger partial charge on any atom is 0.416 e. The predicted octanol–water partition coefficient (Wildman–Crippen LogP) is 7.21. The van der Waals surface area contributed by atoms with Gasteiger partial charge in [-0.1, -0.05) is 17.7 Å². The molecule has 1 N–H and O–H groups in total. The van der Waals surface area contributed by atoms with Crippen molar-refractivity contribution in [2.24, 2.45) is 0 Å². The molecule has 0 aliphatic rings. The Morgan fingerprint density at radius 2 is 1.79 bits per heavy atom. The minimum Gasteiger partial charge on any atom is -0.497 e. The summed E-state index contributed by atoms with van der Waals surface area (Å²) in [4.78, 5) is 1.95. The summed E-state index contributed by atoms with van der Waals surface area (Å²) in [5, 5.41) is 3.43. The van der Waals surface area contributed by atoms with E-state index in [-0.39, 0.29) is 6.04 Å². The summed E-state index contributed by atoms with van der Waals surface area (Å²) >= 11 is 5.71. The molecular formula is C25H25F3N2O2S. The van der Waals surface area contributed by atoms with Gasteiger partial charge in [-0.2, -0.15) is 13.2 Å². The number of rotatable bonds is 8. The topological polar surface area (TPSA) is 37.6 Å². The second-order valence-electron chi connectivity index (χ2n) is 7.66. The highest BCUT2D eigenvalue weighted by Gasteiger charge is 2.30. The summed E-state index contributed by atoms with van der Waals surface area (Å²) in [5.41, 5.74) is 1.69. The summed E-state index contributed by atoms with van der Waals surface area (Å²) in [5.74, 6) is 1.43. The highest BCUT2D eigenvalue weighted by Crippen LogP contribution is 2.32. The molecule has 1 heterocycles. The Hall–Kier alpha value is -3.26. The van der Waals surface area contributed by atoms with Crippen LogP contribution in [0, 0.1) is 0 Å². The second-order valence-corrected chi connectivity index (χ2v) is 8.05. The minimum absolute atomic E-state index is 0.187. The summed E-state index contributed by atoms with van der Waals surface area (Å²) in [7, 11) is 1.60. The average molecular weight is 475 g/mol. The van der Waals surface area contributed by atoms with Crippen LogP contribution in [-0.4, -0.2) is 17.1 Å². The number of nitrogens with one attached hydrogen (secondary N) is 1. The monoisotopic (exact) mass is 474 g/mol. The van der Waals surface area contributed by atoms with Crippen molar-refractivity contribution in [3.05, 3.63) is 96.0 Å². The van der Waals surface area contributed by atoms with Crippen LogP contribution < -0.4 is 10.1 Å². The van der Waals surface area contributed by atoms with E-state index < -0.39 is 11.7 Å². The Morgan fingerprint density at radius 1 is 1.12 bits per heavy atom. The lowest BCUT2D eigenvalue weighted by Gasteiger charge is -2.34. The lowest BCUT2D eigenvalue weighted by atomic mass is 9.98. The van der Waals surface area contributed by atoms with Gasteiger partial charge in [0.15, 0.2) is 5.11 Å². The number of hydrogen-bond donors (Lipinski definition) is 1. The fourth-order valence-corrected chi connectivity index (χ4v) is 3.71. The fraction of sp³-hybridized carbons (Fsp3) is 0.240. The van der Waals surface area contributed by atoms with Gasteiger partial charge >= 0.3 is 6.18 Å². The first kappa shape index (κ1) is 24.4. The van der Waals surface area contributed by atoms with Gasteiger partial charge in [0.05, 0.1) is 31.5 Å². The molecule has 1 atom stereocenters. The molecule has 0 saturated carbocycles. The van der Waals surface area contributed by atoms with Crippen LogP contribution in [-0.2, 0) is 12.7 Å². The van der Waals surface area contributed by atoms with Gasteiger partial charge in [0, 0.05) is 5.69 Å². The van der Waals surface area contributed by atoms with E-state index in [1.807, 2.05) is 42.2 Å². The molecule has 33 heavy (non-hydrogen) atoms. The van der Waals surface area contributed by atoms with Crippen LogP contribution in [0.5, 0.6) is 5.75 Å². The van der Waals surface area contributed by atoms with E-state index in [0.717, 1.165) is 29.0 Å². The SMILES string of the molecule is C=C(C)C[C@H](c1ccc(OC)cc1)N(Cc1ccco1)C(=S)Nc1ccc(C(F)(F)F)cc1. The van der Waals surface area contributed by atoms with Crippen LogP contribution in [0.4, 0.5) is 18.9 Å². The maximum absolute atomic E-state index is 12.9. The van der Waals surface area contributed by atoms with Gasteiger partial charge in [0.25, 0.3) is 0 Å². The van der Waals surface area contributed by atoms with Crippen molar-refractivity contribution in [2.75, 3.05) is 12.4 Å². The Balaban J connectivity index is 1.91. The Kier molecular flexibility index (Phi) is 7.81. The molecule has 0 saturated heterocycles. The van der Waals surface area contributed by atoms with E-state index in [0.29, 0.717) is 29.5 Å². The zero-order chi connectivity index (χ0) is 24.0. The number of furan rings is 1. The highest BCUT2D eigenvalue weighted by atomic mass is 32.1. The molecule has 1 aromatic heterocycles. The first-order valence-corrected chi connectivity index (χ1v) is 10.6. The number of ether oxygens (including phenoxy) is 1. The third-order valence-corrected chi connectivity index (χ3v) is 5.39. The number of anilines is 1. The third-order valence-electron chi connectivity index (χ3n) is 5.05. The van der Waals surface area contributed by atoms with Gasteiger partial charge in [0.1, 0.15) is 11.5 Å². The van der Waals surface area contributed by atoms with Crippen LogP contribution in [0.25, 0.3) is 0 Å². The summed E-state index contributed by atoms with van der Waals surface area (Å²) in [6, 6.07) is 15.9.